The van der Waals surface area contributed by atoms with Crippen molar-refractivity contribution in [2.45, 2.75) is 39.7 Å². The van der Waals surface area contributed by atoms with E-state index in [1.165, 1.54) is 0 Å². The summed E-state index contributed by atoms with van der Waals surface area (Å²) in [7, 11) is 1.74. The molecule has 0 saturated heterocycles. The number of rotatable bonds is 3. The second-order valence-electron chi connectivity index (χ2n) is 6.27. The van der Waals surface area contributed by atoms with Gasteiger partial charge in [-0.25, -0.2) is 4.98 Å². The number of carbonyl (C=O) groups is 1. The van der Waals surface area contributed by atoms with Crippen molar-refractivity contribution in [3.63, 3.8) is 0 Å². The lowest BCUT2D eigenvalue weighted by Crippen LogP contribution is -2.34. The van der Waals surface area contributed by atoms with Crippen LogP contribution in [0.3, 0.4) is 0 Å². The van der Waals surface area contributed by atoms with E-state index < -0.39 is 0 Å². The molecule has 1 amide bonds. The van der Waals surface area contributed by atoms with Gasteiger partial charge in [-0.15, -0.1) is 0 Å². The van der Waals surface area contributed by atoms with Gasteiger partial charge in [-0.2, -0.15) is 5.10 Å². The zero-order valence-electron chi connectivity index (χ0n) is 14.4. The molecule has 0 spiro atoms. The van der Waals surface area contributed by atoms with Crippen molar-refractivity contribution in [2.24, 2.45) is 7.05 Å². The minimum absolute atomic E-state index is 0.0129. The van der Waals surface area contributed by atoms with Gasteiger partial charge < -0.3 is 4.90 Å². The highest BCUT2D eigenvalue weighted by atomic mass is 16.2. The Bertz CT molecular complexity index is 821. The predicted octanol–water partition coefficient (Wildman–Crippen LogP) is 0.611. The fraction of sp³-hybridized carbons (Fsp3) is 0.529. The summed E-state index contributed by atoms with van der Waals surface area (Å²) in [6.45, 7) is 5.58. The van der Waals surface area contributed by atoms with Gasteiger partial charge in [0.25, 0.3) is 5.56 Å². The maximum absolute atomic E-state index is 12.5. The molecular weight excluding hydrogens is 306 g/mol. The lowest BCUT2D eigenvalue weighted by atomic mass is 10.1. The van der Waals surface area contributed by atoms with Crippen LogP contribution in [0, 0.1) is 13.8 Å². The molecular formula is C17H23N5O2. The first-order valence-corrected chi connectivity index (χ1v) is 8.29. The molecule has 24 heavy (non-hydrogen) atoms. The fourth-order valence-electron chi connectivity index (χ4n) is 3.11. The van der Waals surface area contributed by atoms with Crippen LogP contribution in [-0.4, -0.2) is 43.2 Å². The van der Waals surface area contributed by atoms with Crippen LogP contribution in [0.4, 0.5) is 0 Å². The van der Waals surface area contributed by atoms with Crippen molar-refractivity contribution >= 4 is 5.91 Å². The van der Waals surface area contributed by atoms with E-state index >= 15 is 0 Å². The number of aryl methyl sites for hydroxylation is 3. The number of fused-ring (bicyclic) bond motifs is 1. The lowest BCUT2D eigenvalue weighted by molar-refractivity contribution is -0.131. The lowest BCUT2D eigenvalue weighted by Gasteiger charge is -2.20. The zero-order chi connectivity index (χ0) is 17.3. The number of amides is 1. The molecule has 0 radical (unpaired) electrons. The summed E-state index contributed by atoms with van der Waals surface area (Å²) in [5.41, 5.74) is 2.66. The Kier molecular flexibility index (Phi) is 4.51. The SMILES string of the molecule is Cc1ccnn1CCC(=O)N1CCc2nc(C)n(C)c(=O)c2CC1. The average Bonchev–Trinajstić information content (AvgIpc) is 2.85. The minimum Gasteiger partial charge on any atom is -0.342 e. The summed E-state index contributed by atoms with van der Waals surface area (Å²) in [6, 6.07) is 1.93. The third-order valence-electron chi connectivity index (χ3n) is 4.76. The van der Waals surface area contributed by atoms with Crippen LogP contribution in [0.25, 0.3) is 0 Å². The van der Waals surface area contributed by atoms with Gasteiger partial charge in [-0.1, -0.05) is 0 Å². The third kappa shape index (κ3) is 3.11. The molecule has 2 aromatic rings. The minimum atomic E-state index is 0.0129. The number of nitrogens with zero attached hydrogens (tertiary/aromatic N) is 5. The van der Waals surface area contributed by atoms with Crippen LogP contribution in [0.15, 0.2) is 17.1 Å². The first-order chi connectivity index (χ1) is 11.5. The highest BCUT2D eigenvalue weighted by Crippen LogP contribution is 2.12. The molecule has 128 valence electrons. The molecule has 0 atom stereocenters. The second-order valence-corrected chi connectivity index (χ2v) is 6.27. The molecule has 7 heteroatoms. The van der Waals surface area contributed by atoms with E-state index in [-0.39, 0.29) is 11.5 Å². The molecule has 0 fully saturated rings. The Labute approximate surface area is 140 Å². The van der Waals surface area contributed by atoms with E-state index in [0.717, 1.165) is 17.0 Å². The van der Waals surface area contributed by atoms with Gasteiger partial charge in [0.15, 0.2) is 0 Å². The molecule has 0 aliphatic carbocycles. The van der Waals surface area contributed by atoms with E-state index in [1.54, 1.807) is 17.8 Å². The van der Waals surface area contributed by atoms with Crippen molar-refractivity contribution < 1.29 is 4.79 Å². The van der Waals surface area contributed by atoms with Crippen LogP contribution in [0.1, 0.15) is 29.2 Å². The van der Waals surface area contributed by atoms with Gasteiger partial charge in [0.2, 0.25) is 5.91 Å². The van der Waals surface area contributed by atoms with Gasteiger partial charge >= 0.3 is 0 Å². The number of carbonyl (C=O) groups excluding carboxylic acids is 1. The molecule has 0 N–H and O–H groups in total. The summed E-state index contributed by atoms with van der Waals surface area (Å²) < 4.78 is 3.42. The van der Waals surface area contributed by atoms with Gasteiger partial charge in [-0.3, -0.25) is 18.8 Å². The van der Waals surface area contributed by atoms with Crippen molar-refractivity contribution in [1.82, 2.24) is 24.2 Å². The Morgan fingerprint density at radius 3 is 2.71 bits per heavy atom. The van der Waals surface area contributed by atoms with Gasteiger partial charge in [0.05, 0.1) is 5.69 Å². The first kappa shape index (κ1) is 16.4. The molecule has 1 aliphatic heterocycles. The summed E-state index contributed by atoms with van der Waals surface area (Å²) in [6.07, 6.45) is 3.37. The molecule has 0 bridgehead atoms. The van der Waals surface area contributed by atoms with Crippen molar-refractivity contribution in [3.8, 4) is 0 Å². The van der Waals surface area contributed by atoms with E-state index in [0.29, 0.717) is 44.7 Å². The van der Waals surface area contributed by atoms with Gasteiger partial charge in [0.1, 0.15) is 5.82 Å². The summed E-state index contributed by atoms with van der Waals surface area (Å²) in [5, 5.41) is 4.21. The van der Waals surface area contributed by atoms with E-state index in [1.807, 2.05) is 29.5 Å². The smallest absolute Gasteiger partial charge is 0.256 e. The summed E-state index contributed by atoms with van der Waals surface area (Å²) >= 11 is 0. The molecule has 1 aliphatic rings. The maximum Gasteiger partial charge on any atom is 0.256 e. The standard InChI is InChI=1S/C17H23N5O2/c1-12-4-8-18-22(12)11-7-16(23)21-9-5-14-15(6-10-21)19-13(2)20(3)17(14)24/h4,8H,5-7,9-11H2,1-3H3. The van der Waals surface area contributed by atoms with Crippen molar-refractivity contribution in [1.29, 1.82) is 0 Å². The van der Waals surface area contributed by atoms with E-state index in [9.17, 15) is 9.59 Å². The molecule has 0 aromatic carbocycles. The van der Waals surface area contributed by atoms with Crippen LogP contribution < -0.4 is 5.56 Å². The highest BCUT2D eigenvalue weighted by molar-refractivity contribution is 5.76. The van der Waals surface area contributed by atoms with Crippen LogP contribution in [0.2, 0.25) is 0 Å². The van der Waals surface area contributed by atoms with E-state index in [4.69, 9.17) is 0 Å². The molecule has 0 saturated carbocycles. The average molecular weight is 329 g/mol. The largest absolute Gasteiger partial charge is 0.342 e. The number of hydrogen-bond acceptors (Lipinski definition) is 4. The Morgan fingerprint density at radius 2 is 2.00 bits per heavy atom. The molecule has 2 aromatic heterocycles. The zero-order valence-corrected chi connectivity index (χ0v) is 14.4. The molecule has 3 heterocycles. The Hall–Kier alpha value is -2.44. The summed E-state index contributed by atoms with van der Waals surface area (Å²) in [4.78, 5) is 31.3. The number of aromatic nitrogens is 4. The topological polar surface area (TPSA) is 73.0 Å². The van der Waals surface area contributed by atoms with Crippen molar-refractivity contribution in [3.05, 3.63) is 45.4 Å². The monoisotopic (exact) mass is 329 g/mol. The quantitative estimate of drug-likeness (QED) is 0.827. The molecule has 7 nitrogen and oxygen atoms in total. The van der Waals surface area contributed by atoms with E-state index in [2.05, 4.69) is 10.1 Å². The third-order valence-corrected chi connectivity index (χ3v) is 4.76. The van der Waals surface area contributed by atoms with Crippen molar-refractivity contribution in [2.75, 3.05) is 13.1 Å². The second kappa shape index (κ2) is 6.59. The van der Waals surface area contributed by atoms with Gasteiger partial charge in [-0.05, 0) is 26.3 Å². The highest BCUT2D eigenvalue weighted by Gasteiger charge is 2.22. The molecule has 0 unspecified atom stereocenters. The van der Waals surface area contributed by atoms with Gasteiger partial charge in [0, 0.05) is 57.0 Å². The molecule has 3 rings (SSSR count). The van der Waals surface area contributed by atoms with Crippen LogP contribution in [-0.2, 0) is 31.2 Å². The fourth-order valence-corrected chi connectivity index (χ4v) is 3.11. The normalized spacial score (nSPS) is 14.4. The Morgan fingerprint density at radius 1 is 1.25 bits per heavy atom. The predicted molar refractivity (Wildman–Crippen MR) is 89.8 cm³/mol. The Balaban J connectivity index is 1.68. The maximum atomic E-state index is 12.5. The number of hydrogen-bond donors (Lipinski definition) is 0. The summed E-state index contributed by atoms with van der Waals surface area (Å²) in [5.74, 6) is 0.818. The van der Waals surface area contributed by atoms with Crippen LogP contribution in [0.5, 0.6) is 0 Å². The first-order valence-electron chi connectivity index (χ1n) is 8.29. The van der Waals surface area contributed by atoms with Crippen LogP contribution >= 0.6 is 0 Å².